The van der Waals surface area contributed by atoms with Crippen LogP contribution in [0.3, 0.4) is 0 Å². The van der Waals surface area contributed by atoms with Crippen LogP contribution in [0.1, 0.15) is 5.89 Å². The van der Waals surface area contributed by atoms with E-state index in [9.17, 15) is 4.39 Å². The highest BCUT2D eigenvalue weighted by Gasteiger charge is 2.12. The fourth-order valence-electron chi connectivity index (χ4n) is 1.21. The lowest BCUT2D eigenvalue weighted by molar-refractivity contribution is 0.509. The zero-order valence-corrected chi connectivity index (χ0v) is 10.4. The molecule has 2 rings (SSSR count). The molecule has 0 aliphatic carbocycles. The van der Waals surface area contributed by atoms with Gasteiger partial charge in [-0.2, -0.15) is 0 Å². The number of benzene rings is 1. The van der Waals surface area contributed by atoms with E-state index in [1.54, 1.807) is 12.1 Å². The number of alkyl halides is 1. The smallest absolute Gasteiger partial charge is 0.250 e. The molecule has 0 saturated carbocycles. The largest absolute Gasteiger partial charge is 0.421 e. The Hall–Kier alpha value is -0.940. The normalized spacial score (nSPS) is 10.7. The molecule has 16 heavy (non-hydrogen) atoms. The molecule has 0 bridgehead atoms. The second-order valence-corrected chi connectivity index (χ2v) is 4.36. The molecular weight excluding hydrogens is 298 g/mol. The van der Waals surface area contributed by atoms with Crippen LogP contribution in [0.5, 0.6) is 0 Å². The summed E-state index contributed by atoms with van der Waals surface area (Å²) in [5.41, 5.74) is 0.288. The second-order valence-electron chi connectivity index (χ2n) is 3.06. The summed E-state index contributed by atoms with van der Waals surface area (Å²) in [4.78, 5) is 0. The number of halogens is 3. The van der Waals surface area contributed by atoms with Gasteiger partial charge in [-0.25, -0.2) is 4.39 Å². The molecule has 0 spiro atoms. The monoisotopic (exact) mass is 304 g/mol. The molecule has 0 N–H and O–H groups in total. The zero-order chi connectivity index (χ0) is 11.5. The molecule has 1 heterocycles. The summed E-state index contributed by atoms with van der Waals surface area (Å²) in [6.07, 6.45) is 0.479. The van der Waals surface area contributed by atoms with Gasteiger partial charge >= 0.3 is 0 Å². The van der Waals surface area contributed by atoms with Crippen LogP contribution in [0.4, 0.5) is 4.39 Å². The number of aromatic nitrogens is 2. The highest BCUT2D eigenvalue weighted by atomic mass is 79.9. The molecule has 0 atom stereocenters. The van der Waals surface area contributed by atoms with Crippen molar-refractivity contribution in [2.75, 3.05) is 5.88 Å². The van der Waals surface area contributed by atoms with Gasteiger partial charge in [0.05, 0.1) is 5.56 Å². The summed E-state index contributed by atoms with van der Waals surface area (Å²) >= 11 is 8.71. The molecule has 0 saturated heterocycles. The molecule has 0 aliphatic rings. The fourth-order valence-corrected chi connectivity index (χ4v) is 1.70. The first-order valence-corrected chi connectivity index (χ1v) is 5.87. The average molecular weight is 306 g/mol. The third kappa shape index (κ3) is 2.41. The summed E-state index contributed by atoms with van der Waals surface area (Å²) < 4.78 is 19.5. The molecule has 0 unspecified atom stereocenters. The Morgan fingerprint density at radius 1 is 1.38 bits per heavy atom. The molecule has 0 aliphatic heterocycles. The van der Waals surface area contributed by atoms with Crippen molar-refractivity contribution in [3.63, 3.8) is 0 Å². The lowest BCUT2D eigenvalue weighted by Gasteiger charge is -1.97. The van der Waals surface area contributed by atoms with Gasteiger partial charge in [-0.05, 0) is 18.2 Å². The maximum Gasteiger partial charge on any atom is 0.250 e. The van der Waals surface area contributed by atoms with Crippen molar-refractivity contribution in [2.45, 2.75) is 6.42 Å². The van der Waals surface area contributed by atoms with Gasteiger partial charge in [0.2, 0.25) is 5.89 Å². The minimum atomic E-state index is -0.407. The Balaban J connectivity index is 2.35. The first kappa shape index (κ1) is 11.5. The number of hydrogen-bond acceptors (Lipinski definition) is 3. The minimum Gasteiger partial charge on any atom is -0.421 e. The Bertz CT molecular complexity index is 503. The van der Waals surface area contributed by atoms with Gasteiger partial charge in [0.15, 0.2) is 0 Å². The molecule has 2 aromatic rings. The van der Waals surface area contributed by atoms with Gasteiger partial charge in [0.1, 0.15) is 5.82 Å². The molecule has 0 amide bonds. The molecule has 0 radical (unpaired) electrons. The van der Waals surface area contributed by atoms with Gasteiger partial charge < -0.3 is 4.42 Å². The SMILES string of the molecule is Fc1cc(Br)ccc1-c1nnc(CCCl)o1. The molecule has 84 valence electrons. The fraction of sp³-hybridized carbons (Fsp3) is 0.200. The van der Waals surface area contributed by atoms with Crippen molar-refractivity contribution in [3.05, 3.63) is 34.4 Å². The van der Waals surface area contributed by atoms with Crippen LogP contribution in [0.2, 0.25) is 0 Å². The average Bonchev–Trinajstić information content (AvgIpc) is 2.67. The summed E-state index contributed by atoms with van der Waals surface area (Å²) in [6, 6.07) is 4.64. The Labute approximate surface area is 105 Å². The first-order chi connectivity index (χ1) is 7.70. The van der Waals surface area contributed by atoms with Crippen molar-refractivity contribution in [1.82, 2.24) is 10.2 Å². The van der Waals surface area contributed by atoms with Crippen molar-refractivity contribution < 1.29 is 8.81 Å². The van der Waals surface area contributed by atoms with Crippen LogP contribution in [0.25, 0.3) is 11.5 Å². The highest BCUT2D eigenvalue weighted by molar-refractivity contribution is 9.10. The number of rotatable bonds is 3. The van der Waals surface area contributed by atoms with Crippen molar-refractivity contribution in [2.24, 2.45) is 0 Å². The molecule has 6 heteroatoms. The van der Waals surface area contributed by atoms with E-state index in [0.717, 1.165) is 0 Å². The number of aryl methyl sites for hydroxylation is 1. The van der Waals surface area contributed by atoms with Crippen LogP contribution in [0.15, 0.2) is 27.1 Å². The summed E-state index contributed by atoms with van der Waals surface area (Å²) in [7, 11) is 0. The summed E-state index contributed by atoms with van der Waals surface area (Å²) in [6.45, 7) is 0. The van der Waals surface area contributed by atoms with Gasteiger partial charge in [-0.1, -0.05) is 15.9 Å². The summed E-state index contributed by atoms with van der Waals surface area (Å²) in [5, 5.41) is 7.53. The molecule has 3 nitrogen and oxygen atoms in total. The quantitative estimate of drug-likeness (QED) is 0.816. The topological polar surface area (TPSA) is 38.9 Å². The van der Waals surface area contributed by atoms with E-state index < -0.39 is 5.82 Å². The van der Waals surface area contributed by atoms with Crippen LogP contribution in [0, 0.1) is 5.82 Å². The van der Waals surface area contributed by atoms with Gasteiger partial charge in [-0.15, -0.1) is 21.8 Å². The standard InChI is InChI=1S/C10H7BrClFN2O/c11-6-1-2-7(8(13)5-6)10-15-14-9(16-10)3-4-12/h1-2,5H,3-4H2. The van der Waals surface area contributed by atoms with Crippen molar-refractivity contribution >= 4 is 27.5 Å². The van der Waals surface area contributed by atoms with E-state index in [4.69, 9.17) is 16.0 Å². The van der Waals surface area contributed by atoms with Crippen LogP contribution >= 0.6 is 27.5 Å². The van der Waals surface area contributed by atoms with Gasteiger partial charge in [0.25, 0.3) is 5.89 Å². The van der Waals surface area contributed by atoms with Gasteiger partial charge in [0, 0.05) is 16.8 Å². The van der Waals surface area contributed by atoms with Crippen LogP contribution < -0.4 is 0 Å². The molecular formula is C10H7BrClFN2O. The Morgan fingerprint density at radius 2 is 2.19 bits per heavy atom. The molecule has 0 fully saturated rings. The van der Waals surface area contributed by atoms with Crippen LogP contribution in [-0.2, 0) is 6.42 Å². The Kier molecular flexibility index (Phi) is 3.56. The highest BCUT2D eigenvalue weighted by Crippen LogP contribution is 2.24. The number of nitrogens with zero attached hydrogens (tertiary/aromatic N) is 2. The van der Waals surface area contributed by atoms with E-state index in [1.165, 1.54) is 6.07 Å². The predicted octanol–water partition coefficient (Wildman–Crippen LogP) is 3.42. The van der Waals surface area contributed by atoms with E-state index in [-0.39, 0.29) is 11.5 Å². The maximum atomic E-state index is 13.5. The number of hydrogen-bond donors (Lipinski definition) is 0. The lowest BCUT2D eigenvalue weighted by Crippen LogP contribution is -1.84. The second kappa shape index (κ2) is 4.93. The van der Waals surface area contributed by atoms with E-state index in [2.05, 4.69) is 26.1 Å². The predicted molar refractivity (Wildman–Crippen MR) is 61.8 cm³/mol. The minimum absolute atomic E-state index is 0.171. The zero-order valence-electron chi connectivity index (χ0n) is 8.08. The van der Waals surface area contributed by atoms with Crippen molar-refractivity contribution in [1.29, 1.82) is 0 Å². The van der Waals surface area contributed by atoms with E-state index in [1.807, 2.05) is 0 Å². The van der Waals surface area contributed by atoms with E-state index >= 15 is 0 Å². The van der Waals surface area contributed by atoms with Crippen LogP contribution in [-0.4, -0.2) is 16.1 Å². The maximum absolute atomic E-state index is 13.5. The molecule has 1 aromatic heterocycles. The third-order valence-corrected chi connectivity index (χ3v) is 2.62. The van der Waals surface area contributed by atoms with Crippen molar-refractivity contribution in [3.8, 4) is 11.5 Å². The van der Waals surface area contributed by atoms with E-state index in [0.29, 0.717) is 22.7 Å². The third-order valence-electron chi connectivity index (χ3n) is 1.94. The first-order valence-electron chi connectivity index (χ1n) is 4.54. The Morgan fingerprint density at radius 3 is 2.88 bits per heavy atom. The molecule has 1 aromatic carbocycles. The van der Waals surface area contributed by atoms with Gasteiger partial charge in [-0.3, -0.25) is 0 Å². The lowest BCUT2D eigenvalue weighted by atomic mass is 10.2. The summed E-state index contributed by atoms with van der Waals surface area (Å²) in [5.74, 6) is 0.567.